The van der Waals surface area contributed by atoms with Crippen LogP contribution in [0.2, 0.25) is 0 Å². The van der Waals surface area contributed by atoms with Crippen LogP contribution in [0.1, 0.15) is 45.1 Å². The maximum atomic E-state index is 6.18. The average molecular weight is 283 g/mol. The molecular weight excluding hydrogens is 260 g/mol. The standard InChI is InChI=1S/C16H23ClO2/c1-4-11(3)12-8-6-7-9-14(12)19-15-10-13(17)16(15)18-5-2/h6-9,11,13,15-16H,4-5,10H2,1-3H3. The Morgan fingerprint density at radius 1 is 1.32 bits per heavy atom. The minimum Gasteiger partial charge on any atom is -0.487 e. The summed E-state index contributed by atoms with van der Waals surface area (Å²) in [4.78, 5) is 0. The molecule has 1 fully saturated rings. The van der Waals surface area contributed by atoms with Crippen molar-refractivity contribution < 1.29 is 9.47 Å². The fourth-order valence-electron chi connectivity index (χ4n) is 2.42. The first-order chi connectivity index (χ1) is 9.17. The van der Waals surface area contributed by atoms with Crippen molar-refractivity contribution in [2.75, 3.05) is 6.61 Å². The summed E-state index contributed by atoms with van der Waals surface area (Å²) in [7, 11) is 0. The highest BCUT2D eigenvalue weighted by atomic mass is 35.5. The van der Waals surface area contributed by atoms with Gasteiger partial charge in [0.25, 0.3) is 0 Å². The predicted octanol–water partition coefficient (Wildman–Crippen LogP) is 4.36. The van der Waals surface area contributed by atoms with Crippen LogP contribution in [0.25, 0.3) is 0 Å². The molecule has 0 N–H and O–H groups in total. The molecule has 0 amide bonds. The van der Waals surface area contributed by atoms with Gasteiger partial charge >= 0.3 is 0 Å². The number of hydrogen-bond donors (Lipinski definition) is 0. The van der Waals surface area contributed by atoms with Gasteiger partial charge in [-0.05, 0) is 30.9 Å². The monoisotopic (exact) mass is 282 g/mol. The van der Waals surface area contributed by atoms with E-state index in [9.17, 15) is 0 Å². The third-order valence-corrected chi connectivity index (χ3v) is 4.31. The van der Waals surface area contributed by atoms with Crippen LogP contribution < -0.4 is 4.74 Å². The molecule has 3 heteroatoms. The predicted molar refractivity (Wildman–Crippen MR) is 79.2 cm³/mol. The normalized spacial score (nSPS) is 27.7. The Kier molecular flexibility index (Phi) is 5.12. The van der Waals surface area contributed by atoms with Gasteiger partial charge in [0.05, 0.1) is 5.38 Å². The van der Waals surface area contributed by atoms with Gasteiger partial charge in [-0.3, -0.25) is 0 Å². The van der Waals surface area contributed by atoms with Crippen molar-refractivity contribution in [3.63, 3.8) is 0 Å². The van der Waals surface area contributed by atoms with Gasteiger partial charge in [0, 0.05) is 13.0 Å². The molecule has 4 atom stereocenters. The maximum Gasteiger partial charge on any atom is 0.128 e. The van der Waals surface area contributed by atoms with E-state index in [1.807, 2.05) is 19.1 Å². The summed E-state index contributed by atoms with van der Waals surface area (Å²) in [6.45, 7) is 7.10. The van der Waals surface area contributed by atoms with Crippen LogP contribution >= 0.6 is 11.6 Å². The Morgan fingerprint density at radius 3 is 2.68 bits per heavy atom. The van der Waals surface area contributed by atoms with Crippen LogP contribution in [0.15, 0.2) is 24.3 Å². The Morgan fingerprint density at radius 2 is 2.05 bits per heavy atom. The number of alkyl halides is 1. The SMILES string of the molecule is CCOC1C(Cl)CC1Oc1ccccc1C(C)CC. The lowest BCUT2D eigenvalue weighted by Crippen LogP contribution is -2.52. The van der Waals surface area contributed by atoms with Crippen molar-refractivity contribution in [1.29, 1.82) is 0 Å². The number of benzene rings is 1. The first-order valence-corrected chi connectivity index (χ1v) is 7.62. The van der Waals surface area contributed by atoms with E-state index < -0.39 is 0 Å². The van der Waals surface area contributed by atoms with E-state index in [1.54, 1.807) is 0 Å². The summed E-state index contributed by atoms with van der Waals surface area (Å²) in [6.07, 6.45) is 2.09. The van der Waals surface area contributed by atoms with Crippen LogP contribution in [0.5, 0.6) is 5.75 Å². The van der Waals surface area contributed by atoms with Gasteiger partial charge in [-0.15, -0.1) is 11.6 Å². The lowest BCUT2D eigenvalue weighted by Gasteiger charge is -2.40. The number of rotatable bonds is 6. The highest BCUT2D eigenvalue weighted by molar-refractivity contribution is 6.21. The molecule has 1 saturated carbocycles. The smallest absolute Gasteiger partial charge is 0.128 e. The molecular formula is C16H23ClO2. The fraction of sp³-hybridized carbons (Fsp3) is 0.625. The second-order valence-electron chi connectivity index (χ2n) is 5.18. The lowest BCUT2D eigenvalue weighted by molar-refractivity contribution is -0.0763. The van der Waals surface area contributed by atoms with Crippen molar-refractivity contribution >= 4 is 11.6 Å². The number of ether oxygens (including phenoxy) is 2. The van der Waals surface area contributed by atoms with E-state index in [0.717, 1.165) is 18.6 Å². The molecule has 106 valence electrons. The van der Waals surface area contributed by atoms with E-state index in [4.69, 9.17) is 21.1 Å². The first kappa shape index (κ1) is 14.7. The zero-order valence-corrected chi connectivity index (χ0v) is 12.7. The second kappa shape index (κ2) is 6.62. The Labute approximate surface area is 121 Å². The molecule has 0 spiro atoms. The van der Waals surface area contributed by atoms with Gasteiger partial charge in [0.2, 0.25) is 0 Å². The zero-order valence-electron chi connectivity index (χ0n) is 11.9. The van der Waals surface area contributed by atoms with Crippen molar-refractivity contribution in [2.45, 2.75) is 57.1 Å². The molecule has 1 aliphatic carbocycles. The van der Waals surface area contributed by atoms with Gasteiger partial charge in [0.1, 0.15) is 18.0 Å². The van der Waals surface area contributed by atoms with E-state index >= 15 is 0 Å². The van der Waals surface area contributed by atoms with Crippen molar-refractivity contribution in [3.8, 4) is 5.75 Å². The first-order valence-electron chi connectivity index (χ1n) is 7.18. The highest BCUT2D eigenvalue weighted by Gasteiger charge is 2.42. The molecule has 2 rings (SSSR count). The average Bonchev–Trinajstić information content (AvgIpc) is 2.44. The van der Waals surface area contributed by atoms with Crippen molar-refractivity contribution in [1.82, 2.24) is 0 Å². The molecule has 0 saturated heterocycles. The van der Waals surface area contributed by atoms with Crippen molar-refractivity contribution in [3.05, 3.63) is 29.8 Å². The Hall–Kier alpha value is -0.730. The van der Waals surface area contributed by atoms with E-state index in [-0.39, 0.29) is 17.6 Å². The number of para-hydroxylation sites is 1. The van der Waals surface area contributed by atoms with Gasteiger partial charge < -0.3 is 9.47 Å². The minimum absolute atomic E-state index is 0.0247. The molecule has 4 unspecified atom stereocenters. The van der Waals surface area contributed by atoms with E-state index in [0.29, 0.717) is 12.5 Å². The number of hydrogen-bond acceptors (Lipinski definition) is 2. The summed E-state index contributed by atoms with van der Waals surface area (Å²) in [5, 5.41) is 0.0840. The molecule has 0 aliphatic heterocycles. The molecule has 1 aromatic rings. The molecule has 0 aromatic heterocycles. The highest BCUT2D eigenvalue weighted by Crippen LogP contribution is 2.36. The van der Waals surface area contributed by atoms with Crippen LogP contribution in [-0.2, 0) is 4.74 Å². The van der Waals surface area contributed by atoms with E-state index in [1.165, 1.54) is 5.56 Å². The molecule has 1 aromatic carbocycles. The maximum absolute atomic E-state index is 6.18. The van der Waals surface area contributed by atoms with Gasteiger partial charge in [-0.2, -0.15) is 0 Å². The van der Waals surface area contributed by atoms with Crippen molar-refractivity contribution in [2.24, 2.45) is 0 Å². The van der Waals surface area contributed by atoms with Gasteiger partial charge in [0.15, 0.2) is 0 Å². The second-order valence-corrected chi connectivity index (χ2v) is 5.74. The van der Waals surface area contributed by atoms with Crippen LogP contribution in [0.4, 0.5) is 0 Å². The van der Waals surface area contributed by atoms with Gasteiger partial charge in [-0.1, -0.05) is 32.0 Å². The van der Waals surface area contributed by atoms with Crippen LogP contribution in [0.3, 0.4) is 0 Å². The Balaban J connectivity index is 2.07. The molecule has 2 nitrogen and oxygen atoms in total. The minimum atomic E-state index is 0.0247. The van der Waals surface area contributed by atoms with E-state index in [2.05, 4.69) is 26.0 Å². The van der Waals surface area contributed by atoms with Crippen LogP contribution in [-0.4, -0.2) is 24.2 Å². The summed E-state index contributed by atoms with van der Waals surface area (Å²) in [5.41, 5.74) is 1.28. The van der Waals surface area contributed by atoms with Crippen LogP contribution in [0, 0.1) is 0 Å². The molecule has 1 aliphatic rings. The largest absolute Gasteiger partial charge is 0.487 e. The third-order valence-electron chi connectivity index (χ3n) is 3.88. The molecule has 0 bridgehead atoms. The third kappa shape index (κ3) is 3.24. The topological polar surface area (TPSA) is 18.5 Å². The fourth-order valence-corrected chi connectivity index (χ4v) is 2.84. The zero-order chi connectivity index (χ0) is 13.8. The number of halogens is 1. The molecule has 19 heavy (non-hydrogen) atoms. The lowest BCUT2D eigenvalue weighted by atomic mass is 9.90. The molecule has 0 radical (unpaired) electrons. The van der Waals surface area contributed by atoms with Gasteiger partial charge in [-0.25, -0.2) is 0 Å². The summed E-state index contributed by atoms with van der Waals surface area (Å²) in [6, 6.07) is 8.29. The summed E-state index contributed by atoms with van der Waals surface area (Å²) < 4.78 is 11.8. The Bertz CT molecular complexity index is 407. The summed E-state index contributed by atoms with van der Waals surface area (Å²) >= 11 is 6.18. The molecule has 0 heterocycles. The summed E-state index contributed by atoms with van der Waals surface area (Å²) in [5.74, 6) is 1.49. The quantitative estimate of drug-likeness (QED) is 0.722.